The minimum atomic E-state index is -0.696. The van der Waals surface area contributed by atoms with Gasteiger partial charge in [-0.05, 0) is 70.6 Å². The van der Waals surface area contributed by atoms with E-state index in [4.69, 9.17) is 4.74 Å². The highest BCUT2D eigenvalue weighted by molar-refractivity contribution is 5.76. The van der Waals surface area contributed by atoms with Crippen molar-refractivity contribution in [2.45, 2.75) is 302 Å². The van der Waals surface area contributed by atoms with Crippen molar-refractivity contribution in [1.82, 2.24) is 5.32 Å². The van der Waals surface area contributed by atoms with E-state index < -0.39 is 12.1 Å². The molecular weight excluding hydrogens is 755 g/mol. The Kier molecular flexibility index (Phi) is 49.6. The molecule has 0 spiro atoms. The number of amides is 1. The lowest BCUT2D eigenvalue weighted by molar-refractivity contribution is -0.143. The number of hydrogen-bond donors (Lipinski definition) is 3. The lowest BCUT2D eigenvalue weighted by atomic mass is 10.0. The molecule has 3 N–H and O–H groups in total. The molecule has 0 rings (SSSR count). The van der Waals surface area contributed by atoms with E-state index in [1.165, 1.54) is 186 Å². The zero-order valence-electron chi connectivity index (χ0n) is 40.9. The van der Waals surface area contributed by atoms with E-state index in [9.17, 15) is 19.8 Å². The van der Waals surface area contributed by atoms with E-state index in [0.29, 0.717) is 25.9 Å². The highest BCUT2D eigenvalue weighted by Crippen LogP contribution is 2.17. The monoisotopic (exact) mass is 860 g/mol. The number of aliphatic hydroxyl groups excluding tert-OH is 2. The van der Waals surface area contributed by atoms with Gasteiger partial charge in [0, 0.05) is 12.8 Å². The molecule has 6 heteroatoms. The van der Waals surface area contributed by atoms with Crippen molar-refractivity contribution in [3.63, 3.8) is 0 Å². The molecule has 360 valence electrons. The van der Waals surface area contributed by atoms with Crippen LogP contribution in [0.3, 0.4) is 0 Å². The molecule has 0 aromatic heterocycles. The molecule has 0 bridgehead atoms. The first-order valence-corrected chi connectivity index (χ1v) is 27.1. The van der Waals surface area contributed by atoms with Gasteiger partial charge in [0.25, 0.3) is 0 Å². The molecule has 0 aliphatic rings. The molecule has 6 nitrogen and oxygen atoms in total. The number of ether oxygens (including phenoxy) is 1. The van der Waals surface area contributed by atoms with Crippen LogP contribution in [0, 0.1) is 0 Å². The molecular formula is C55H105NO5. The lowest BCUT2D eigenvalue weighted by Crippen LogP contribution is -2.45. The third kappa shape index (κ3) is 47.7. The summed E-state index contributed by atoms with van der Waals surface area (Å²) >= 11 is 0. The van der Waals surface area contributed by atoms with Crippen molar-refractivity contribution in [3.05, 3.63) is 24.3 Å². The number of carbonyl (C=O) groups excluding carboxylic acids is 2. The number of aliphatic hydroxyl groups is 2. The minimum absolute atomic E-state index is 0.0443. The van der Waals surface area contributed by atoms with Gasteiger partial charge in [0.1, 0.15) is 0 Å². The third-order valence-corrected chi connectivity index (χ3v) is 12.5. The van der Waals surface area contributed by atoms with E-state index in [2.05, 4.69) is 43.5 Å². The predicted octanol–water partition coefficient (Wildman–Crippen LogP) is 16.3. The zero-order chi connectivity index (χ0) is 44.4. The average molecular weight is 860 g/mol. The summed E-state index contributed by atoms with van der Waals surface area (Å²) in [6, 6.07) is -0.580. The molecule has 61 heavy (non-hydrogen) atoms. The number of unbranched alkanes of at least 4 members (excludes halogenated alkanes) is 35. The zero-order valence-corrected chi connectivity index (χ0v) is 40.9. The van der Waals surface area contributed by atoms with Crippen LogP contribution in [0.1, 0.15) is 290 Å². The maximum absolute atomic E-state index is 12.5. The highest BCUT2D eigenvalue weighted by Gasteiger charge is 2.20. The Morgan fingerprint density at radius 1 is 0.443 bits per heavy atom. The van der Waals surface area contributed by atoms with Gasteiger partial charge in [-0.3, -0.25) is 9.59 Å². The Balaban J connectivity index is 3.53. The second kappa shape index (κ2) is 51.0. The predicted molar refractivity (Wildman–Crippen MR) is 264 cm³/mol. The van der Waals surface area contributed by atoms with E-state index in [1.54, 1.807) is 0 Å². The largest absolute Gasteiger partial charge is 0.466 e. The van der Waals surface area contributed by atoms with Crippen molar-refractivity contribution < 1.29 is 24.5 Å². The van der Waals surface area contributed by atoms with E-state index in [-0.39, 0.29) is 18.5 Å². The van der Waals surface area contributed by atoms with Crippen LogP contribution in [0.2, 0.25) is 0 Å². The summed E-state index contributed by atoms with van der Waals surface area (Å²) in [4.78, 5) is 24.5. The van der Waals surface area contributed by atoms with Gasteiger partial charge >= 0.3 is 5.97 Å². The van der Waals surface area contributed by atoms with E-state index in [1.807, 2.05) is 0 Å². The molecule has 0 heterocycles. The Morgan fingerprint density at radius 3 is 1.21 bits per heavy atom. The summed E-state index contributed by atoms with van der Waals surface area (Å²) < 4.78 is 5.43. The Bertz CT molecular complexity index is 951. The van der Waals surface area contributed by atoms with Gasteiger partial charge < -0.3 is 20.3 Å². The molecule has 0 fully saturated rings. The fourth-order valence-corrected chi connectivity index (χ4v) is 8.28. The second-order valence-corrected chi connectivity index (χ2v) is 18.6. The van der Waals surface area contributed by atoms with Crippen LogP contribution in [0.15, 0.2) is 24.3 Å². The molecule has 0 aliphatic carbocycles. The first-order valence-electron chi connectivity index (χ1n) is 27.1. The Labute approximate surface area is 380 Å². The Morgan fingerprint density at radius 2 is 0.787 bits per heavy atom. The van der Waals surface area contributed by atoms with Gasteiger partial charge in [-0.2, -0.15) is 0 Å². The Hall–Kier alpha value is -1.66. The normalized spacial score (nSPS) is 12.8. The minimum Gasteiger partial charge on any atom is -0.466 e. The number of allylic oxidation sites excluding steroid dienone is 4. The summed E-state index contributed by atoms with van der Waals surface area (Å²) in [5, 5.41) is 23.2. The maximum Gasteiger partial charge on any atom is 0.305 e. The average Bonchev–Trinajstić information content (AvgIpc) is 3.26. The van der Waals surface area contributed by atoms with E-state index in [0.717, 1.165) is 70.6 Å². The van der Waals surface area contributed by atoms with Crippen LogP contribution in [0.4, 0.5) is 0 Å². The highest BCUT2D eigenvalue weighted by atomic mass is 16.5. The van der Waals surface area contributed by atoms with Gasteiger partial charge in [-0.25, -0.2) is 0 Å². The van der Waals surface area contributed by atoms with Crippen LogP contribution < -0.4 is 5.32 Å². The lowest BCUT2D eigenvalue weighted by Gasteiger charge is -2.22. The molecule has 0 aromatic carbocycles. The quantitative estimate of drug-likeness (QED) is 0.0322. The SMILES string of the molecule is CCCCCC/C=C\CCCCCCCC(=O)OCCCCCC/C=C\CCCC(=O)NC(CO)C(O)CCCCCCCCCCCCCCCCCCCCCCCC. The molecule has 0 radical (unpaired) electrons. The van der Waals surface area contributed by atoms with Crippen molar-refractivity contribution in [2.24, 2.45) is 0 Å². The molecule has 2 unspecified atom stereocenters. The molecule has 1 amide bonds. The third-order valence-electron chi connectivity index (χ3n) is 12.5. The summed E-state index contributed by atoms with van der Waals surface area (Å²) in [5.41, 5.74) is 0. The van der Waals surface area contributed by atoms with Gasteiger partial charge in [0.05, 0.1) is 25.4 Å². The number of carbonyl (C=O) groups is 2. The van der Waals surface area contributed by atoms with Gasteiger partial charge in [0.2, 0.25) is 5.91 Å². The molecule has 0 aromatic rings. The first-order chi connectivity index (χ1) is 30.0. The number of nitrogens with one attached hydrogen (secondary N) is 1. The summed E-state index contributed by atoms with van der Waals surface area (Å²) in [6.07, 6.45) is 60.2. The van der Waals surface area contributed by atoms with Gasteiger partial charge in [-0.15, -0.1) is 0 Å². The summed E-state index contributed by atoms with van der Waals surface area (Å²) in [5.74, 6) is -0.138. The first kappa shape index (κ1) is 59.3. The van der Waals surface area contributed by atoms with Gasteiger partial charge in [-0.1, -0.05) is 231 Å². The molecule has 2 atom stereocenters. The smallest absolute Gasteiger partial charge is 0.305 e. The standard InChI is InChI=1S/C55H105NO5/c1-3-5-7-9-11-13-15-17-18-19-20-21-22-23-24-25-27-28-31-35-39-43-47-53(58)52(51-57)56-54(59)48-44-40-36-32-30-34-38-42-46-50-61-55(60)49-45-41-37-33-29-26-16-14-12-10-8-6-4-2/h14,16,32,36,52-53,57-58H,3-13,15,17-31,33-35,37-51H2,1-2H3,(H,56,59)/b16-14-,36-32-. The van der Waals surface area contributed by atoms with E-state index >= 15 is 0 Å². The second-order valence-electron chi connectivity index (χ2n) is 18.6. The number of hydrogen-bond acceptors (Lipinski definition) is 5. The van der Waals surface area contributed by atoms with Crippen molar-refractivity contribution in [2.75, 3.05) is 13.2 Å². The van der Waals surface area contributed by atoms with Crippen LogP contribution in [-0.4, -0.2) is 47.4 Å². The molecule has 0 saturated carbocycles. The van der Waals surface area contributed by atoms with Crippen molar-refractivity contribution >= 4 is 11.9 Å². The molecule has 0 aliphatic heterocycles. The van der Waals surface area contributed by atoms with Crippen LogP contribution in [0.5, 0.6) is 0 Å². The fraction of sp³-hybridized carbons (Fsp3) is 0.891. The van der Waals surface area contributed by atoms with Crippen LogP contribution in [-0.2, 0) is 14.3 Å². The fourth-order valence-electron chi connectivity index (χ4n) is 8.28. The molecule has 0 saturated heterocycles. The van der Waals surface area contributed by atoms with Gasteiger partial charge in [0.15, 0.2) is 0 Å². The summed E-state index contributed by atoms with van der Waals surface area (Å²) in [7, 11) is 0. The maximum atomic E-state index is 12.5. The summed E-state index contributed by atoms with van der Waals surface area (Å²) in [6.45, 7) is 4.85. The van der Waals surface area contributed by atoms with Crippen LogP contribution in [0.25, 0.3) is 0 Å². The van der Waals surface area contributed by atoms with Crippen molar-refractivity contribution in [3.8, 4) is 0 Å². The van der Waals surface area contributed by atoms with Crippen LogP contribution >= 0.6 is 0 Å². The number of esters is 1. The number of rotatable bonds is 50. The van der Waals surface area contributed by atoms with Crippen molar-refractivity contribution in [1.29, 1.82) is 0 Å². The topological polar surface area (TPSA) is 95.9 Å².